The van der Waals surface area contributed by atoms with Gasteiger partial charge in [-0.15, -0.1) is 18.8 Å². The summed E-state index contributed by atoms with van der Waals surface area (Å²) in [7, 11) is 0. The van der Waals surface area contributed by atoms with Crippen molar-refractivity contribution in [3.63, 3.8) is 0 Å². The van der Waals surface area contributed by atoms with Gasteiger partial charge in [0.25, 0.3) is 0 Å². The van der Waals surface area contributed by atoms with Crippen LogP contribution >= 0.6 is 12.4 Å². The molecule has 0 aromatic heterocycles. The third-order valence-electron chi connectivity index (χ3n) is 0.654. The van der Waals surface area contributed by atoms with Gasteiger partial charge < -0.3 is 5.32 Å². The maximum Gasteiger partial charge on any atom is 0.0573 e. The summed E-state index contributed by atoms with van der Waals surface area (Å²) in [6.45, 7) is 3.85. The van der Waals surface area contributed by atoms with Crippen molar-refractivity contribution in [2.75, 3.05) is 13.1 Å². The molecule has 0 unspecified atom stereocenters. The highest BCUT2D eigenvalue weighted by Crippen LogP contribution is 1.65. The van der Waals surface area contributed by atoms with Gasteiger partial charge in [0.15, 0.2) is 0 Å². The minimum atomic E-state index is 0. The summed E-state index contributed by atoms with van der Waals surface area (Å²) in [5, 5.41) is 3.05. The first-order chi connectivity index (χ1) is 3.41. The predicted molar refractivity (Wildman–Crippen MR) is 39.2 cm³/mol. The first kappa shape index (κ1) is 10.7. The zero-order valence-corrected chi connectivity index (χ0v) is 5.92. The molecule has 0 spiro atoms. The van der Waals surface area contributed by atoms with E-state index < -0.39 is 0 Å². The van der Waals surface area contributed by atoms with E-state index >= 15 is 0 Å². The van der Waals surface area contributed by atoms with Gasteiger partial charge in [-0.25, -0.2) is 0 Å². The molecule has 0 aromatic rings. The molecular formula is C6H12ClN. The van der Waals surface area contributed by atoms with Crippen LogP contribution in [0.3, 0.4) is 0 Å². The lowest BCUT2D eigenvalue weighted by atomic mass is 10.5. The van der Waals surface area contributed by atoms with E-state index in [1.165, 1.54) is 0 Å². The van der Waals surface area contributed by atoms with E-state index in [0.29, 0.717) is 6.54 Å². The summed E-state index contributed by atoms with van der Waals surface area (Å²) in [6, 6.07) is 0. The van der Waals surface area contributed by atoms with Crippen LogP contribution < -0.4 is 5.32 Å². The lowest BCUT2D eigenvalue weighted by Gasteiger charge is -1.91. The normalized spacial score (nSPS) is 7.00. The maximum absolute atomic E-state index is 4.96. The van der Waals surface area contributed by atoms with Crippen LogP contribution in [0.1, 0.15) is 13.3 Å². The molecule has 0 heterocycles. The van der Waals surface area contributed by atoms with E-state index in [2.05, 4.69) is 18.2 Å². The van der Waals surface area contributed by atoms with Gasteiger partial charge >= 0.3 is 0 Å². The van der Waals surface area contributed by atoms with Crippen LogP contribution in [-0.2, 0) is 0 Å². The lowest BCUT2D eigenvalue weighted by Crippen LogP contribution is -2.13. The number of hydrogen-bond donors (Lipinski definition) is 1. The molecule has 0 atom stereocenters. The summed E-state index contributed by atoms with van der Waals surface area (Å²) in [6.07, 6.45) is 6.11. The summed E-state index contributed by atoms with van der Waals surface area (Å²) in [4.78, 5) is 0. The molecule has 0 rings (SSSR count). The Morgan fingerprint density at radius 2 is 2.25 bits per heavy atom. The van der Waals surface area contributed by atoms with Gasteiger partial charge in [-0.2, -0.15) is 0 Å². The Morgan fingerprint density at radius 3 is 2.62 bits per heavy atom. The average molecular weight is 134 g/mol. The topological polar surface area (TPSA) is 12.0 Å². The molecule has 0 aromatic carbocycles. The molecule has 0 fully saturated rings. The molecule has 0 amide bonds. The van der Waals surface area contributed by atoms with Gasteiger partial charge in [-0.3, -0.25) is 0 Å². The predicted octanol–water partition coefficient (Wildman–Crippen LogP) is 1.04. The van der Waals surface area contributed by atoms with Crippen molar-refractivity contribution >= 4 is 12.4 Å². The van der Waals surface area contributed by atoms with Crippen LogP contribution in [0.25, 0.3) is 0 Å². The molecule has 0 saturated heterocycles. The fourth-order valence-electron chi connectivity index (χ4n) is 0.337. The van der Waals surface area contributed by atoms with Crippen molar-refractivity contribution < 1.29 is 0 Å². The SMILES string of the molecule is C#CCNCCC.Cl. The van der Waals surface area contributed by atoms with Crippen molar-refractivity contribution in [3.8, 4) is 12.3 Å². The quantitative estimate of drug-likeness (QED) is 0.448. The second kappa shape index (κ2) is 9.94. The van der Waals surface area contributed by atoms with E-state index in [9.17, 15) is 0 Å². The van der Waals surface area contributed by atoms with Crippen LogP contribution in [0.2, 0.25) is 0 Å². The third-order valence-corrected chi connectivity index (χ3v) is 0.654. The molecule has 0 bridgehead atoms. The molecule has 1 nitrogen and oxygen atoms in total. The first-order valence-electron chi connectivity index (χ1n) is 2.56. The van der Waals surface area contributed by atoms with E-state index in [1.807, 2.05) is 0 Å². The van der Waals surface area contributed by atoms with Crippen LogP contribution in [0.15, 0.2) is 0 Å². The Bertz CT molecular complexity index is 65.4. The van der Waals surface area contributed by atoms with Crippen molar-refractivity contribution in [1.82, 2.24) is 5.32 Å². The fourth-order valence-corrected chi connectivity index (χ4v) is 0.337. The molecule has 8 heavy (non-hydrogen) atoms. The van der Waals surface area contributed by atoms with E-state index in [1.54, 1.807) is 0 Å². The van der Waals surface area contributed by atoms with Crippen molar-refractivity contribution in [2.24, 2.45) is 0 Å². The monoisotopic (exact) mass is 133 g/mol. The number of hydrogen-bond acceptors (Lipinski definition) is 1. The minimum absolute atomic E-state index is 0. The zero-order valence-electron chi connectivity index (χ0n) is 5.11. The second-order valence-electron chi connectivity index (χ2n) is 1.38. The lowest BCUT2D eigenvalue weighted by molar-refractivity contribution is 0.737. The number of nitrogens with one attached hydrogen (secondary N) is 1. The van der Waals surface area contributed by atoms with E-state index in [4.69, 9.17) is 6.42 Å². The Morgan fingerprint density at radius 1 is 1.62 bits per heavy atom. The third kappa shape index (κ3) is 9.26. The Hall–Kier alpha value is -0.190. The van der Waals surface area contributed by atoms with E-state index in [-0.39, 0.29) is 12.4 Å². The molecule has 48 valence electrons. The minimum Gasteiger partial charge on any atom is -0.306 e. The summed E-state index contributed by atoms with van der Waals surface area (Å²) < 4.78 is 0. The Labute approximate surface area is 57.3 Å². The molecule has 0 saturated carbocycles. The smallest absolute Gasteiger partial charge is 0.0573 e. The van der Waals surface area contributed by atoms with Crippen molar-refractivity contribution in [3.05, 3.63) is 0 Å². The first-order valence-corrected chi connectivity index (χ1v) is 2.56. The molecule has 0 aliphatic heterocycles. The zero-order chi connectivity index (χ0) is 5.54. The van der Waals surface area contributed by atoms with E-state index in [0.717, 1.165) is 13.0 Å². The van der Waals surface area contributed by atoms with Gasteiger partial charge in [-0.1, -0.05) is 12.8 Å². The molecule has 0 radical (unpaired) electrons. The molecule has 1 N–H and O–H groups in total. The molecular weight excluding hydrogens is 122 g/mol. The summed E-state index contributed by atoms with van der Waals surface area (Å²) >= 11 is 0. The van der Waals surface area contributed by atoms with Crippen LogP contribution in [0.5, 0.6) is 0 Å². The fraction of sp³-hybridized carbons (Fsp3) is 0.667. The van der Waals surface area contributed by atoms with Gasteiger partial charge in [0.05, 0.1) is 6.54 Å². The highest BCUT2D eigenvalue weighted by atomic mass is 35.5. The molecule has 0 aliphatic rings. The van der Waals surface area contributed by atoms with Crippen molar-refractivity contribution in [1.29, 1.82) is 0 Å². The Kier molecular flexibility index (Phi) is 13.3. The second-order valence-corrected chi connectivity index (χ2v) is 1.38. The standard InChI is InChI=1S/C6H11N.ClH/c1-3-5-7-6-4-2;/h1,7H,4-6H2,2H3;1H. The number of terminal acetylenes is 1. The largest absolute Gasteiger partial charge is 0.306 e. The number of rotatable bonds is 3. The maximum atomic E-state index is 4.96. The van der Waals surface area contributed by atoms with Crippen LogP contribution in [0, 0.1) is 12.3 Å². The highest BCUT2D eigenvalue weighted by molar-refractivity contribution is 5.85. The van der Waals surface area contributed by atoms with Gasteiger partial charge in [0.2, 0.25) is 0 Å². The molecule has 2 heteroatoms. The van der Waals surface area contributed by atoms with Crippen molar-refractivity contribution in [2.45, 2.75) is 13.3 Å². The summed E-state index contributed by atoms with van der Waals surface area (Å²) in [5.74, 6) is 2.49. The average Bonchev–Trinajstić information content (AvgIpc) is 1.69. The highest BCUT2D eigenvalue weighted by Gasteiger charge is 1.73. The van der Waals surface area contributed by atoms with Gasteiger partial charge in [-0.05, 0) is 13.0 Å². The van der Waals surface area contributed by atoms with Gasteiger partial charge in [0.1, 0.15) is 0 Å². The Balaban J connectivity index is 0. The number of halogens is 1. The van der Waals surface area contributed by atoms with Gasteiger partial charge in [0, 0.05) is 0 Å². The van der Waals surface area contributed by atoms with Crippen LogP contribution in [0.4, 0.5) is 0 Å². The summed E-state index contributed by atoms with van der Waals surface area (Å²) in [5.41, 5.74) is 0. The van der Waals surface area contributed by atoms with Crippen LogP contribution in [-0.4, -0.2) is 13.1 Å². The molecule has 0 aliphatic carbocycles.